The number of alkyl halides is 1. The summed E-state index contributed by atoms with van der Waals surface area (Å²) >= 11 is 0. The average molecular weight is 479 g/mol. The molecule has 0 atom stereocenters. The molecule has 0 unspecified atom stereocenters. The second kappa shape index (κ2) is 6.89. The van der Waals surface area contributed by atoms with E-state index in [9.17, 15) is 18.8 Å². The molecule has 2 aromatic rings. The number of rotatable bonds is 6. The lowest BCUT2D eigenvalue weighted by atomic mass is 9.41. The Balaban J connectivity index is 1.15. The minimum Gasteiger partial charge on any atom is -0.339 e. The fourth-order valence-electron chi connectivity index (χ4n) is 7.37. The van der Waals surface area contributed by atoms with Gasteiger partial charge in [-0.2, -0.15) is 10.2 Å². The van der Waals surface area contributed by atoms with Gasteiger partial charge in [0.15, 0.2) is 5.82 Å². The van der Waals surface area contributed by atoms with Crippen molar-refractivity contribution in [1.29, 1.82) is 5.26 Å². The third-order valence-corrected chi connectivity index (χ3v) is 9.72. The summed E-state index contributed by atoms with van der Waals surface area (Å²) < 4.78 is 34.4. The van der Waals surface area contributed by atoms with Crippen LogP contribution in [0.5, 0.6) is 0 Å². The number of amides is 1. The molecule has 4 bridgehead atoms. The molecule has 6 nitrogen and oxygen atoms in total. The van der Waals surface area contributed by atoms with Crippen LogP contribution in [0.15, 0.2) is 22.7 Å². The van der Waals surface area contributed by atoms with Crippen molar-refractivity contribution in [2.24, 2.45) is 10.8 Å². The maximum Gasteiger partial charge on any atom is 0.233 e. The minimum atomic E-state index is -1.20. The largest absolute Gasteiger partial charge is 0.339 e. The van der Waals surface area contributed by atoms with Crippen LogP contribution in [-0.4, -0.2) is 28.3 Å². The van der Waals surface area contributed by atoms with E-state index in [0.717, 1.165) is 63.1 Å². The lowest BCUT2D eigenvalue weighted by Gasteiger charge is -2.65. The molecule has 0 aliphatic heterocycles. The van der Waals surface area contributed by atoms with Crippen molar-refractivity contribution in [1.82, 2.24) is 10.1 Å². The number of hydrogen-bond acceptors (Lipinski definition) is 5. The second-order valence-corrected chi connectivity index (χ2v) is 12.2. The Bertz CT molecular complexity index is 1230. The molecule has 7 saturated carbocycles. The number of fused-ring (bicyclic) bond motifs is 3. The van der Waals surface area contributed by atoms with Crippen molar-refractivity contribution in [2.75, 3.05) is 11.4 Å². The zero-order valence-electron chi connectivity index (χ0n) is 19.7. The van der Waals surface area contributed by atoms with Crippen LogP contribution in [0.25, 0.3) is 0 Å². The Hall–Kier alpha value is -2.82. The van der Waals surface area contributed by atoms with Crippen LogP contribution in [0, 0.1) is 28.0 Å². The number of hydrogen-bond donors (Lipinski definition) is 0. The van der Waals surface area contributed by atoms with Gasteiger partial charge in [0.05, 0.1) is 17.0 Å². The molecule has 1 heterocycles. The predicted octanol–water partition coefficient (Wildman–Crippen LogP) is 5.48. The van der Waals surface area contributed by atoms with Crippen LogP contribution in [0.1, 0.15) is 93.8 Å². The highest BCUT2D eigenvalue weighted by atomic mass is 19.1. The number of anilines is 1. The summed E-state index contributed by atoms with van der Waals surface area (Å²) in [6.45, 7) is 0.467. The monoisotopic (exact) mass is 478 g/mol. The molecule has 7 aliphatic rings. The normalized spacial score (nSPS) is 36.7. The van der Waals surface area contributed by atoms with Gasteiger partial charge < -0.3 is 9.42 Å². The zero-order valence-corrected chi connectivity index (χ0v) is 19.7. The minimum absolute atomic E-state index is 0.0853. The van der Waals surface area contributed by atoms with Gasteiger partial charge in [0.1, 0.15) is 11.5 Å². The number of nitrogens with zero attached hydrogens (tertiary/aromatic N) is 4. The molecular weight excluding hydrogens is 450 g/mol. The summed E-state index contributed by atoms with van der Waals surface area (Å²) in [5, 5.41) is 13.6. The van der Waals surface area contributed by atoms with Crippen LogP contribution >= 0.6 is 0 Å². The van der Waals surface area contributed by atoms with E-state index in [1.807, 2.05) is 6.07 Å². The molecule has 0 spiro atoms. The average Bonchev–Trinajstić information content (AvgIpc) is 3.56. The van der Waals surface area contributed by atoms with E-state index in [4.69, 9.17) is 9.51 Å². The maximum absolute atomic E-state index is 14.4. The topological polar surface area (TPSA) is 83.0 Å². The first-order chi connectivity index (χ1) is 16.8. The molecule has 182 valence electrons. The van der Waals surface area contributed by atoms with Crippen LogP contribution in [0.2, 0.25) is 0 Å². The molecule has 7 fully saturated rings. The first-order valence-electron chi connectivity index (χ1n) is 12.8. The smallest absolute Gasteiger partial charge is 0.233 e. The molecule has 1 aromatic heterocycles. The third kappa shape index (κ3) is 3.19. The molecule has 0 N–H and O–H groups in total. The van der Waals surface area contributed by atoms with Crippen molar-refractivity contribution < 1.29 is 18.1 Å². The van der Waals surface area contributed by atoms with Crippen LogP contribution < -0.4 is 4.90 Å². The maximum atomic E-state index is 14.4. The molecule has 1 aromatic carbocycles. The van der Waals surface area contributed by atoms with Gasteiger partial charge in [0.25, 0.3) is 0 Å². The van der Waals surface area contributed by atoms with Crippen LogP contribution in [0.3, 0.4) is 0 Å². The Morgan fingerprint density at radius 3 is 2.40 bits per heavy atom. The van der Waals surface area contributed by atoms with E-state index in [2.05, 4.69) is 5.16 Å². The molecule has 1 amide bonds. The lowest BCUT2D eigenvalue weighted by molar-refractivity contribution is -0.211. The summed E-state index contributed by atoms with van der Waals surface area (Å²) in [6.07, 6.45) is 8.56. The third-order valence-electron chi connectivity index (χ3n) is 9.72. The first kappa shape index (κ1) is 21.5. The molecule has 35 heavy (non-hydrogen) atoms. The summed E-state index contributed by atoms with van der Waals surface area (Å²) in [5.41, 5.74) is -1.44. The van der Waals surface area contributed by atoms with E-state index < -0.39 is 16.9 Å². The van der Waals surface area contributed by atoms with Crippen LogP contribution in [0.4, 0.5) is 14.5 Å². The Kier molecular flexibility index (Phi) is 4.23. The van der Waals surface area contributed by atoms with Gasteiger partial charge in [-0.1, -0.05) is 5.16 Å². The molecule has 7 aliphatic carbocycles. The lowest BCUT2D eigenvalue weighted by Crippen LogP contribution is -2.71. The van der Waals surface area contributed by atoms with Gasteiger partial charge in [-0.15, -0.1) is 0 Å². The van der Waals surface area contributed by atoms with Crippen molar-refractivity contribution in [3.63, 3.8) is 0 Å². The highest BCUT2D eigenvalue weighted by Crippen LogP contribution is 2.70. The van der Waals surface area contributed by atoms with E-state index in [-0.39, 0.29) is 41.6 Å². The molecule has 9 rings (SSSR count). The van der Waals surface area contributed by atoms with Crippen molar-refractivity contribution in [3.05, 3.63) is 41.3 Å². The van der Waals surface area contributed by atoms with Gasteiger partial charge in [-0.25, -0.2) is 8.78 Å². The van der Waals surface area contributed by atoms with Gasteiger partial charge in [-0.3, -0.25) is 4.79 Å². The van der Waals surface area contributed by atoms with Crippen LogP contribution in [-0.2, 0) is 10.2 Å². The number of aromatic nitrogens is 2. The molecule has 0 saturated heterocycles. The van der Waals surface area contributed by atoms with Gasteiger partial charge >= 0.3 is 0 Å². The van der Waals surface area contributed by atoms with E-state index in [0.29, 0.717) is 18.2 Å². The highest BCUT2D eigenvalue weighted by Gasteiger charge is 2.73. The zero-order chi connectivity index (χ0) is 24.1. The summed E-state index contributed by atoms with van der Waals surface area (Å²) in [5.74, 6) is 1.42. The molecular formula is C27H28F2N4O2. The summed E-state index contributed by atoms with van der Waals surface area (Å²) in [6, 6.07) is 6.09. The number of nitriles is 1. The Labute approximate surface area is 202 Å². The Morgan fingerprint density at radius 1 is 1.11 bits per heavy atom. The highest BCUT2D eigenvalue weighted by molar-refractivity contribution is 6.00. The second-order valence-electron chi connectivity index (χ2n) is 12.2. The van der Waals surface area contributed by atoms with Gasteiger partial charge in [0, 0.05) is 23.6 Å². The predicted molar refractivity (Wildman–Crippen MR) is 122 cm³/mol. The van der Waals surface area contributed by atoms with Gasteiger partial charge in [0.2, 0.25) is 11.8 Å². The number of carbonyl (C=O) groups excluding carboxylic acids is 1. The molecule has 0 radical (unpaired) electrons. The van der Waals surface area contributed by atoms with Crippen molar-refractivity contribution in [2.45, 2.75) is 87.6 Å². The summed E-state index contributed by atoms with van der Waals surface area (Å²) in [7, 11) is 0. The van der Waals surface area contributed by atoms with Crippen molar-refractivity contribution >= 4 is 11.6 Å². The fourth-order valence-corrected chi connectivity index (χ4v) is 7.37. The fraction of sp³-hybridized carbons (Fsp3) is 0.630. The quantitative estimate of drug-likeness (QED) is 0.549. The van der Waals surface area contributed by atoms with E-state index >= 15 is 0 Å². The van der Waals surface area contributed by atoms with Crippen molar-refractivity contribution in [3.8, 4) is 6.07 Å². The van der Waals surface area contributed by atoms with E-state index in [1.165, 1.54) is 12.1 Å². The number of benzene rings is 1. The van der Waals surface area contributed by atoms with Gasteiger partial charge in [-0.05, 0) is 94.2 Å². The first-order valence-corrected chi connectivity index (χ1v) is 12.8. The number of carbonyl (C=O) groups is 1. The SMILES string of the molecule is N#Cc1cc(F)cc(N(CC23CCC(c4nc(C5CC5)no4)(CC2)CC3)C(=O)C23CC(F)(C2)C3)c1. The standard InChI is InChI=1S/C27H28F2N4O2/c28-19-9-17(12-30)10-20(11-19)33(23(34)26-13-27(29,14-26)15-26)16-24-3-6-25(7-4-24,8-5-24)22-31-21(32-35-22)18-1-2-18/h9-11,18H,1-8,13-16H2. The van der Waals surface area contributed by atoms with E-state index in [1.54, 1.807) is 11.0 Å². The summed E-state index contributed by atoms with van der Waals surface area (Å²) in [4.78, 5) is 20.2. The molecule has 8 heteroatoms. The number of halogens is 2. The Morgan fingerprint density at radius 2 is 1.80 bits per heavy atom.